The van der Waals surface area contributed by atoms with Crippen LogP contribution in [0.4, 0.5) is 0 Å². The highest BCUT2D eigenvalue weighted by Gasteiger charge is 2.33. The molecule has 9 heteroatoms. The van der Waals surface area contributed by atoms with Crippen LogP contribution in [0.2, 0.25) is 15.1 Å². The van der Waals surface area contributed by atoms with Crippen LogP contribution in [0, 0.1) is 0 Å². The number of nitrogens with zero attached hydrogens (tertiary/aromatic N) is 2. The number of benzene rings is 2. The van der Waals surface area contributed by atoms with Crippen molar-refractivity contribution in [3.63, 3.8) is 0 Å². The number of esters is 1. The molecule has 0 aliphatic carbocycles. The van der Waals surface area contributed by atoms with Gasteiger partial charge in [0.15, 0.2) is 4.80 Å². The summed E-state index contributed by atoms with van der Waals surface area (Å²) in [4.78, 5) is 31.5. The zero-order valence-corrected chi connectivity index (χ0v) is 20.4. The molecule has 4 rings (SSSR count). The lowest BCUT2D eigenvalue weighted by Crippen LogP contribution is -2.39. The molecule has 0 radical (unpaired) electrons. The molecule has 1 aromatic heterocycles. The largest absolute Gasteiger partial charge is 0.458 e. The van der Waals surface area contributed by atoms with Crippen molar-refractivity contribution < 1.29 is 9.53 Å². The number of carbonyl (C=O) groups excluding carboxylic acids is 1. The van der Waals surface area contributed by atoms with Gasteiger partial charge in [-0.15, -0.1) is 0 Å². The van der Waals surface area contributed by atoms with Gasteiger partial charge in [0.1, 0.15) is 6.61 Å². The first-order valence-corrected chi connectivity index (χ1v) is 11.8. The normalized spacial score (nSPS) is 15.8. The zero-order chi connectivity index (χ0) is 23.7. The van der Waals surface area contributed by atoms with Gasteiger partial charge in [-0.1, -0.05) is 77.0 Å². The zero-order valence-electron chi connectivity index (χ0n) is 17.3. The smallest absolute Gasteiger partial charge is 0.338 e. The second-order valence-corrected chi connectivity index (χ2v) is 9.48. The van der Waals surface area contributed by atoms with Crippen LogP contribution in [0.5, 0.6) is 0 Å². The van der Waals surface area contributed by atoms with Gasteiger partial charge in [-0.3, -0.25) is 9.36 Å². The summed E-state index contributed by atoms with van der Waals surface area (Å²) >= 11 is 19.6. The predicted molar refractivity (Wildman–Crippen MR) is 133 cm³/mol. The summed E-state index contributed by atoms with van der Waals surface area (Å²) in [6.45, 7) is 5.35. The minimum Gasteiger partial charge on any atom is -0.458 e. The molecule has 0 fully saturated rings. The molecule has 1 aliphatic rings. The highest BCUT2D eigenvalue weighted by Crippen LogP contribution is 2.31. The van der Waals surface area contributed by atoms with Crippen molar-refractivity contribution in [2.45, 2.75) is 13.0 Å². The van der Waals surface area contributed by atoms with Gasteiger partial charge in [-0.05, 0) is 48.4 Å². The fourth-order valence-corrected chi connectivity index (χ4v) is 5.14. The minimum absolute atomic E-state index is 0.0441. The molecule has 1 aliphatic heterocycles. The Hall–Kier alpha value is -2.64. The molecule has 0 saturated heterocycles. The summed E-state index contributed by atoms with van der Waals surface area (Å²) in [5.41, 5.74) is 1.81. The van der Waals surface area contributed by atoms with E-state index in [2.05, 4.69) is 11.6 Å². The molecule has 33 heavy (non-hydrogen) atoms. The van der Waals surface area contributed by atoms with E-state index in [1.54, 1.807) is 55.5 Å². The summed E-state index contributed by atoms with van der Waals surface area (Å²) in [5, 5.41) is 1.46. The lowest BCUT2D eigenvalue weighted by atomic mass is 9.96. The standard InChI is InChI=1S/C24H17Cl3N2O3S/c1-3-10-32-23(31)20-13(2)28-24-29(21(20)14-4-7-16(25)8-5-14)22(30)19(33-24)11-15-6-9-17(26)12-18(15)27/h3-9,11-12,21H,1,10H2,2H3. The van der Waals surface area contributed by atoms with Gasteiger partial charge in [0, 0.05) is 15.1 Å². The molecule has 1 unspecified atom stereocenters. The molecule has 0 N–H and O–H groups in total. The van der Waals surface area contributed by atoms with Gasteiger partial charge in [0.05, 0.1) is 21.8 Å². The number of fused-ring (bicyclic) bond motifs is 1. The molecule has 0 bridgehead atoms. The van der Waals surface area contributed by atoms with E-state index in [1.165, 1.54) is 22.0 Å². The van der Waals surface area contributed by atoms with Crippen LogP contribution >= 0.6 is 46.1 Å². The number of rotatable bonds is 5. The molecule has 0 amide bonds. The summed E-state index contributed by atoms with van der Waals surface area (Å²) in [6.07, 6.45) is 3.17. The molecular formula is C24H17Cl3N2O3S. The monoisotopic (exact) mass is 518 g/mol. The molecule has 2 aromatic carbocycles. The van der Waals surface area contributed by atoms with Crippen molar-refractivity contribution in [3.05, 3.63) is 112 Å². The quantitative estimate of drug-likeness (QED) is 0.355. The van der Waals surface area contributed by atoms with Crippen LogP contribution in [0.1, 0.15) is 24.1 Å². The number of thiazole rings is 1. The lowest BCUT2D eigenvalue weighted by Gasteiger charge is -2.24. The number of hydrogen-bond acceptors (Lipinski definition) is 5. The van der Waals surface area contributed by atoms with Crippen molar-refractivity contribution >= 4 is 58.2 Å². The van der Waals surface area contributed by atoms with Gasteiger partial charge in [0.2, 0.25) is 0 Å². The molecule has 5 nitrogen and oxygen atoms in total. The van der Waals surface area contributed by atoms with E-state index in [-0.39, 0.29) is 17.7 Å². The van der Waals surface area contributed by atoms with E-state index in [0.29, 0.717) is 41.2 Å². The minimum atomic E-state index is -0.723. The van der Waals surface area contributed by atoms with E-state index in [4.69, 9.17) is 39.5 Å². The predicted octanol–water partition coefficient (Wildman–Crippen LogP) is 4.92. The molecule has 1 atom stereocenters. The van der Waals surface area contributed by atoms with Crippen LogP contribution in [0.25, 0.3) is 6.08 Å². The van der Waals surface area contributed by atoms with Gasteiger partial charge in [0.25, 0.3) is 5.56 Å². The fourth-order valence-electron chi connectivity index (χ4n) is 3.52. The molecule has 0 spiro atoms. The van der Waals surface area contributed by atoms with Crippen molar-refractivity contribution in [1.82, 2.24) is 4.57 Å². The van der Waals surface area contributed by atoms with Crippen LogP contribution < -0.4 is 14.9 Å². The fraction of sp³-hybridized carbons (Fsp3) is 0.125. The number of carbonyl (C=O) groups is 1. The van der Waals surface area contributed by atoms with E-state index >= 15 is 0 Å². The van der Waals surface area contributed by atoms with Crippen molar-refractivity contribution in [3.8, 4) is 0 Å². The number of allylic oxidation sites excluding steroid dienone is 1. The van der Waals surface area contributed by atoms with Gasteiger partial charge in [-0.25, -0.2) is 9.79 Å². The molecule has 168 valence electrons. The van der Waals surface area contributed by atoms with E-state index < -0.39 is 12.0 Å². The van der Waals surface area contributed by atoms with Crippen LogP contribution in [-0.2, 0) is 9.53 Å². The highest BCUT2D eigenvalue weighted by molar-refractivity contribution is 7.07. The van der Waals surface area contributed by atoms with Crippen molar-refractivity contribution in [1.29, 1.82) is 0 Å². The first-order valence-electron chi connectivity index (χ1n) is 9.81. The molecular weight excluding hydrogens is 503 g/mol. The number of aromatic nitrogens is 1. The Morgan fingerprint density at radius 3 is 2.55 bits per heavy atom. The molecule has 0 saturated carbocycles. The Bertz CT molecular complexity index is 1470. The second kappa shape index (κ2) is 9.69. The SMILES string of the molecule is C=CCOC(=O)C1=C(C)N=c2sc(=Cc3ccc(Cl)cc3Cl)c(=O)n2C1c1ccc(Cl)cc1. The third-order valence-corrected chi connectivity index (χ3v) is 6.81. The maximum absolute atomic E-state index is 13.5. The van der Waals surface area contributed by atoms with Crippen LogP contribution in [-0.4, -0.2) is 17.1 Å². The van der Waals surface area contributed by atoms with Crippen LogP contribution in [0.15, 0.2) is 76.2 Å². The highest BCUT2D eigenvalue weighted by atomic mass is 35.5. The molecule has 2 heterocycles. The second-order valence-electron chi connectivity index (χ2n) is 7.19. The lowest BCUT2D eigenvalue weighted by molar-refractivity contribution is -0.138. The number of ether oxygens (including phenoxy) is 1. The van der Waals surface area contributed by atoms with Crippen molar-refractivity contribution in [2.24, 2.45) is 4.99 Å². The maximum atomic E-state index is 13.5. The third kappa shape index (κ3) is 4.70. The Morgan fingerprint density at radius 2 is 1.88 bits per heavy atom. The van der Waals surface area contributed by atoms with E-state index in [9.17, 15) is 9.59 Å². The number of halogens is 3. The van der Waals surface area contributed by atoms with Crippen LogP contribution in [0.3, 0.4) is 0 Å². The Labute approximate surface area is 208 Å². The van der Waals surface area contributed by atoms with Crippen molar-refractivity contribution in [2.75, 3.05) is 6.61 Å². The Morgan fingerprint density at radius 1 is 1.18 bits per heavy atom. The first kappa shape index (κ1) is 23.5. The van der Waals surface area contributed by atoms with Gasteiger partial charge >= 0.3 is 5.97 Å². The average molecular weight is 520 g/mol. The van der Waals surface area contributed by atoms with Gasteiger partial charge in [-0.2, -0.15) is 0 Å². The topological polar surface area (TPSA) is 60.7 Å². The number of hydrogen-bond donors (Lipinski definition) is 0. The molecule has 3 aromatic rings. The van der Waals surface area contributed by atoms with E-state index in [1.807, 2.05) is 0 Å². The average Bonchev–Trinajstić information content (AvgIpc) is 3.08. The summed E-state index contributed by atoms with van der Waals surface area (Å²) in [6, 6.07) is 11.3. The summed E-state index contributed by atoms with van der Waals surface area (Å²) < 4.78 is 7.23. The first-order chi connectivity index (χ1) is 15.8. The summed E-state index contributed by atoms with van der Waals surface area (Å²) in [7, 11) is 0. The van der Waals surface area contributed by atoms with Gasteiger partial charge < -0.3 is 4.74 Å². The Balaban J connectivity index is 1.94. The van der Waals surface area contributed by atoms with E-state index in [0.717, 1.165) is 0 Å². The third-order valence-electron chi connectivity index (χ3n) is 5.01. The maximum Gasteiger partial charge on any atom is 0.338 e. The summed E-state index contributed by atoms with van der Waals surface area (Å²) in [5.74, 6) is -0.564. The Kier molecular flexibility index (Phi) is 6.91.